The number of allylic oxidation sites excluding steroid dienone is 2. The molecule has 1 aliphatic rings. The number of aromatic nitrogens is 2. The molecule has 10 heteroatoms. The highest BCUT2D eigenvalue weighted by Gasteiger charge is 2.28. The molecular weight excluding hydrogens is 452 g/mol. The molecule has 0 atom stereocenters. The lowest BCUT2D eigenvalue weighted by molar-refractivity contribution is -0.114. The molecule has 1 aliphatic heterocycles. The number of aromatic carboxylic acids is 2. The van der Waals surface area contributed by atoms with E-state index in [4.69, 9.17) is 10.2 Å². The number of hydrogen-bond donors (Lipinski definition) is 3. The molecule has 2 aromatic carbocycles. The van der Waals surface area contributed by atoms with Gasteiger partial charge in [-0.1, -0.05) is 6.08 Å². The third-order valence-electron chi connectivity index (χ3n) is 5.44. The first-order chi connectivity index (χ1) is 16.7. The monoisotopic (exact) mass is 472 g/mol. The minimum atomic E-state index is -1.06. The summed E-state index contributed by atoms with van der Waals surface area (Å²) in [5.74, 6) is -2.50. The summed E-state index contributed by atoms with van der Waals surface area (Å²) >= 11 is 0. The van der Waals surface area contributed by atoms with Gasteiger partial charge in [-0.25, -0.2) is 14.3 Å². The summed E-state index contributed by atoms with van der Waals surface area (Å²) < 4.78 is 1.31. The predicted octanol–water partition coefficient (Wildman–Crippen LogP) is 3.23. The second-order valence-corrected chi connectivity index (χ2v) is 7.74. The number of rotatable bonds is 6. The molecule has 10 nitrogen and oxygen atoms in total. The number of amides is 1. The second kappa shape index (κ2) is 9.10. The lowest BCUT2D eigenvalue weighted by atomic mass is 10.1. The number of aromatic amines is 1. The average Bonchev–Trinajstić information content (AvgIpc) is 3.28. The normalized spacial score (nSPS) is 14.7. The van der Waals surface area contributed by atoms with Gasteiger partial charge in [-0.05, 0) is 74.5 Å². The number of carboxylic acids is 2. The number of H-pyrrole nitrogens is 1. The lowest BCUT2D eigenvalue weighted by Gasteiger charge is -2.11. The minimum absolute atomic E-state index is 0.102. The maximum atomic E-state index is 12.9. The first-order valence-corrected chi connectivity index (χ1v) is 10.4. The Hall–Kier alpha value is -4.99. The van der Waals surface area contributed by atoms with Crippen molar-refractivity contribution in [2.75, 3.05) is 5.01 Å². The zero-order valence-electron chi connectivity index (χ0n) is 18.7. The van der Waals surface area contributed by atoms with Crippen LogP contribution in [0.5, 0.6) is 0 Å². The Labute approximate surface area is 198 Å². The van der Waals surface area contributed by atoms with Crippen molar-refractivity contribution in [3.63, 3.8) is 0 Å². The van der Waals surface area contributed by atoms with Gasteiger partial charge in [0.25, 0.3) is 11.5 Å². The van der Waals surface area contributed by atoms with E-state index in [1.807, 2.05) is 0 Å². The van der Waals surface area contributed by atoms with E-state index >= 15 is 0 Å². The van der Waals surface area contributed by atoms with Crippen molar-refractivity contribution in [3.8, 4) is 5.69 Å². The summed E-state index contributed by atoms with van der Waals surface area (Å²) in [5.41, 5.74) is 2.59. The standard InChI is InChI=1S/C25H20N4O6/c1-14-20(22(30)28(26-14)18-10-6-16(7-11-18)24(32)33)4-3-5-21-15(2)27-29(23(21)31)19-12-8-17(9-13-19)25(34)35/h3-13,26H,1-2H3,(H,32,33)(H,34,35)/b4-3+,21-5-. The van der Waals surface area contributed by atoms with Crippen LogP contribution in [-0.4, -0.2) is 43.6 Å². The van der Waals surface area contributed by atoms with Crippen molar-refractivity contribution in [2.45, 2.75) is 13.8 Å². The number of hydrogen-bond acceptors (Lipinski definition) is 5. The van der Waals surface area contributed by atoms with Gasteiger partial charge in [0, 0.05) is 5.69 Å². The zero-order valence-corrected chi connectivity index (χ0v) is 18.7. The molecule has 0 spiro atoms. The Morgan fingerprint density at radius 3 is 1.97 bits per heavy atom. The van der Waals surface area contributed by atoms with Gasteiger partial charge < -0.3 is 10.2 Å². The number of carbonyl (C=O) groups excluding carboxylic acids is 1. The molecule has 3 N–H and O–H groups in total. The maximum Gasteiger partial charge on any atom is 0.335 e. The predicted molar refractivity (Wildman–Crippen MR) is 129 cm³/mol. The molecule has 4 rings (SSSR count). The van der Waals surface area contributed by atoms with Crippen LogP contribution >= 0.6 is 0 Å². The van der Waals surface area contributed by atoms with E-state index in [-0.39, 0.29) is 22.6 Å². The molecule has 0 radical (unpaired) electrons. The fourth-order valence-corrected chi connectivity index (χ4v) is 3.56. The summed E-state index contributed by atoms with van der Waals surface area (Å²) in [6.45, 7) is 3.41. The molecular formula is C25H20N4O6. The zero-order chi connectivity index (χ0) is 25.3. The van der Waals surface area contributed by atoms with Crippen LogP contribution in [0.15, 0.2) is 76.2 Å². The fraction of sp³-hybridized carbons (Fsp3) is 0.0800. The van der Waals surface area contributed by atoms with E-state index < -0.39 is 11.9 Å². The molecule has 2 heterocycles. The van der Waals surface area contributed by atoms with Crippen molar-refractivity contribution >= 4 is 35.3 Å². The van der Waals surface area contributed by atoms with E-state index in [9.17, 15) is 19.2 Å². The number of carbonyl (C=O) groups is 3. The molecule has 0 unspecified atom stereocenters. The Kier molecular flexibility index (Phi) is 6.03. The third kappa shape index (κ3) is 4.44. The Balaban J connectivity index is 1.56. The fourth-order valence-electron chi connectivity index (χ4n) is 3.56. The summed E-state index contributed by atoms with van der Waals surface area (Å²) in [7, 11) is 0. The highest BCUT2D eigenvalue weighted by molar-refractivity contribution is 6.29. The van der Waals surface area contributed by atoms with Crippen LogP contribution in [-0.2, 0) is 4.79 Å². The lowest BCUT2D eigenvalue weighted by Crippen LogP contribution is -2.21. The van der Waals surface area contributed by atoms with Crippen molar-refractivity contribution in [3.05, 3.63) is 99.0 Å². The Morgan fingerprint density at radius 1 is 0.886 bits per heavy atom. The highest BCUT2D eigenvalue weighted by atomic mass is 16.4. The molecule has 176 valence electrons. The Bertz CT molecular complexity index is 1490. The topological polar surface area (TPSA) is 145 Å². The molecule has 0 fully saturated rings. The van der Waals surface area contributed by atoms with E-state index in [2.05, 4.69) is 10.2 Å². The molecule has 3 aromatic rings. The third-order valence-corrected chi connectivity index (χ3v) is 5.44. The van der Waals surface area contributed by atoms with Gasteiger partial charge in [0.05, 0.1) is 39.3 Å². The number of carboxylic acid groups (broad SMARTS) is 2. The molecule has 1 amide bonds. The van der Waals surface area contributed by atoms with Gasteiger partial charge in [-0.2, -0.15) is 10.1 Å². The minimum Gasteiger partial charge on any atom is -0.478 e. The van der Waals surface area contributed by atoms with Crippen LogP contribution in [0, 0.1) is 6.92 Å². The first-order valence-electron chi connectivity index (χ1n) is 10.4. The van der Waals surface area contributed by atoms with E-state index in [0.29, 0.717) is 33.9 Å². The van der Waals surface area contributed by atoms with Gasteiger partial charge in [0.2, 0.25) is 0 Å². The van der Waals surface area contributed by atoms with E-state index in [1.54, 1.807) is 32.1 Å². The smallest absolute Gasteiger partial charge is 0.335 e. The molecule has 0 bridgehead atoms. The first kappa shape index (κ1) is 23.2. The summed E-state index contributed by atoms with van der Waals surface area (Å²) in [6, 6.07) is 11.7. The second-order valence-electron chi connectivity index (χ2n) is 7.74. The number of nitrogens with one attached hydrogen (secondary N) is 1. The molecule has 0 saturated heterocycles. The van der Waals surface area contributed by atoms with Crippen LogP contribution in [0.2, 0.25) is 0 Å². The van der Waals surface area contributed by atoms with Crippen molar-refractivity contribution in [1.29, 1.82) is 0 Å². The van der Waals surface area contributed by atoms with Gasteiger partial charge in [0.15, 0.2) is 0 Å². The number of hydrazone groups is 1. The molecule has 35 heavy (non-hydrogen) atoms. The van der Waals surface area contributed by atoms with Crippen LogP contribution in [0.1, 0.15) is 38.9 Å². The maximum absolute atomic E-state index is 12.9. The van der Waals surface area contributed by atoms with Gasteiger partial charge in [-0.15, -0.1) is 0 Å². The van der Waals surface area contributed by atoms with Crippen LogP contribution in [0.4, 0.5) is 5.69 Å². The van der Waals surface area contributed by atoms with Crippen LogP contribution in [0.25, 0.3) is 11.8 Å². The van der Waals surface area contributed by atoms with E-state index in [0.717, 1.165) is 0 Å². The van der Waals surface area contributed by atoms with E-state index in [1.165, 1.54) is 58.2 Å². The molecule has 0 aliphatic carbocycles. The number of nitrogens with zero attached hydrogens (tertiary/aromatic N) is 3. The van der Waals surface area contributed by atoms with Crippen molar-refractivity contribution < 1.29 is 24.6 Å². The Morgan fingerprint density at radius 2 is 1.43 bits per heavy atom. The van der Waals surface area contributed by atoms with Crippen LogP contribution in [0.3, 0.4) is 0 Å². The quantitative estimate of drug-likeness (QED) is 0.470. The SMILES string of the molecule is CC1=NN(c2ccc(C(=O)O)cc2)C(=O)/C1=C\C=C\c1c(C)[nH]n(-c2ccc(C(=O)O)cc2)c1=O. The van der Waals surface area contributed by atoms with Crippen molar-refractivity contribution in [2.24, 2.45) is 5.10 Å². The molecule has 1 aromatic heterocycles. The van der Waals surface area contributed by atoms with Gasteiger partial charge in [0.1, 0.15) is 0 Å². The summed E-state index contributed by atoms with van der Waals surface area (Å²) in [6.07, 6.45) is 4.72. The highest BCUT2D eigenvalue weighted by Crippen LogP contribution is 2.24. The molecule has 0 saturated carbocycles. The number of anilines is 1. The van der Waals surface area contributed by atoms with Gasteiger partial charge in [-0.3, -0.25) is 14.7 Å². The van der Waals surface area contributed by atoms with Crippen LogP contribution < -0.4 is 10.6 Å². The van der Waals surface area contributed by atoms with Gasteiger partial charge >= 0.3 is 11.9 Å². The number of aryl methyl sites for hydroxylation is 1. The number of benzene rings is 2. The largest absolute Gasteiger partial charge is 0.478 e. The summed E-state index contributed by atoms with van der Waals surface area (Å²) in [5, 5.41) is 26.5. The average molecular weight is 472 g/mol. The van der Waals surface area contributed by atoms with Crippen molar-refractivity contribution in [1.82, 2.24) is 9.78 Å². The summed E-state index contributed by atoms with van der Waals surface area (Å²) in [4.78, 5) is 47.8.